The Morgan fingerprint density at radius 1 is 0.944 bits per heavy atom. The maximum Gasteiger partial charge on any atom is 0.264 e. The van der Waals surface area contributed by atoms with E-state index in [0.717, 1.165) is 10.6 Å². The fourth-order valence-electron chi connectivity index (χ4n) is 3.35. The van der Waals surface area contributed by atoms with Crippen molar-refractivity contribution in [3.05, 3.63) is 70.0 Å². The highest BCUT2D eigenvalue weighted by Crippen LogP contribution is 2.32. The van der Waals surface area contributed by atoms with Crippen LogP contribution in [0.1, 0.15) is 18.3 Å². The summed E-state index contributed by atoms with van der Waals surface area (Å²) in [5.74, 6) is -0.729. The smallest absolute Gasteiger partial charge is 0.264 e. The first-order valence-corrected chi connectivity index (χ1v) is 14.5. The molecule has 1 unspecified atom stereocenters. The van der Waals surface area contributed by atoms with Crippen LogP contribution in [0.3, 0.4) is 0 Å². The fourth-order valence-corrected chi connectivity index (χ4v) is 5.90. The molecule has 0 aliphatic carbocycles. The van der Waals surface area contributed by atoms with Gasteiger partial charge in [0, 0.05) is 22.1 Å². The molecule has 0 aliphatic heterocycles. The minimum absolute atomic E-state index is 0.0513. The number of rotatable bonds is 8. The number of anilines is 3. The normalized spacial score (nSPS) is 12.6. The maximum atomic E-state index is 12.9. The zero-order valence-corrected chi connectivity index (χ0v) is 22.8. The molecule has 0 spiro atoms. The van der Waals surface area contributed by atoms with E-state index < -0.39 is 32.0 Å². The standard InChI is InChI=1S/C22H23Cl2N5O5S2/c1-13-11-14(2)26-22(25-13)28-36(33,34)18-8-6-17(7-9-18)27-21(30)15(3)29(35(4,31)32)20-12-16(23)5-10-19(20)24/h5-12,15H,1-4H3,(H,27,30)(H,25,26,28). The topological polar surface area (TPSA) is 138 Å². The Bertz CT molecular complexity index is 1490. The van der Waals surface area contributed by atoms with Crippen molar-refractivity contribution < 1.29 is 21.6 Å². The van der Waals surface area contributed by atoms with E-state index in [1.807, 2.05) is 0 Å². The maximum absolute atomic E-state index is 12.9. The van der Waals surface area contributed by atoms with Gasteiger partial charge in [0.1, 0.15) is 6.04 Å². The van der Waals surface area contributed by atoms with Gasteiger partial charge in [0.15, 0.2) is 0 Å². The van der Waals surface area contributed by atoms with Gasteiger partial charge in [-0.15, -0.1) is 0 Å². The molecule has 0 fully saturated rings. The average molecular weight is 572 g/mol. The molecule has 2 N–H and O–H groups in total. The van der Waals surface area contributed by atoms with Crippen LogP contribution in [0.5, 0.6) is 0 Å². The molecule has 10 nitrogen and oxygen atoms in total. The van der Waals surface area contributed by atoms with Gasteiger partial charge in [-0.05, 0) is 69.3 Å². The van der Waals surface area contributed by atoms with Crippen molar-refractivity contribution in [3.8, 4) is 0 Å². The second kappa shape index (κ2) is 10.6. The molecule has 1 amide bonds. The second-order valence-corrected chi connectivity index (χ2v) is 12.3. The minimum atomic E-state index is -3.99. The first kappa shape index (κ1) is 27.7. The number of halogens is 2. The summed E-state index contributed by atoms with van der Waals surface area (Å²) < 4.78 is 53.6. The molecule has 36 heavy (non-hydrogen) atoms. The summed E-state index contributed by atoms with van der Waals surface area (Å²) in [5, 5.41) is 2.92. The van der Waals surface area contributed by atoms with Gasteiger partial charge in [-0.25, -0.2) is 31.5 Å². The van der Waals surface area contributed by atoms with Gasteiger partial charge in [-0.2, -0.15) is 0 Å². The monoisotopic (exact) mass is 571 g/mol. The van der Waals surface area contributed by atoms with E-state index in [-0.39, 0.29) is 32.3 Å². The third-order valence-electron chi connectivity index (χ3n) is 4.87. The number of hydrogen-bond acceptors (Lipinski definition) is 7. The van der Waals surface area contributed by atoms with Gasteiger partial charge in [0.05, 0.1) is 21.9 Å². The lowest BCUT2D eigenvalue weighted by molar-refractivity contribution is -0.116. The third-order valence-corrected chi connectivity index (χ3v) is 8.00. The van der Waals surface area contributed by atoms with Gasteiger partial charge in [-0.1, -0.05) is 23.2 Å². The van der Waals surface area contributed by atoms with Crippen LogP contribution >= 0.6 is 23.2 Å². The zero-order valence-electron chi connectivity index (χ0n) is 19.7. The number of sulfonamides is 2. The molecular formula is C22H23Cl2N5O5S2. The summed E-state index contributed by atoms with van der Waals surface area (Å²) in [5.41, 5.74) is 1.51. The number of aromatic nitrogens is 2. The zero-order chi connectivity index (χ0) is 26.8. The van der Waals surface area contributed by atoms with Crippen molar-refractivity contribution in [3.63, 3.8) is 0 Å². The molecule has 3 rings (SSSR count). The fraction of sp³-hybridized carbons (Fsp3) is 0.227. The van der Waals surface area contributed by atoms with Gasteiger partial charge in [0.25, 0.3) is 10.0 Å². The molecule has 1 heterocycles. The number of amides is 1. The van der Waals surface area contributed by atoms with Crippen molar-refractivity contribution in [1.82, 2.24) is 9.97 Å². The van der Waals surface area contributed by atoms with Crippen molar-refractivity contribution in [2.24, 2.45) is 0 Å². The predicted molar refractivity (Wildman–Crippen MR) is 141 cm³/mol. The first-order valence-electron chi connectivity index (χ1n) is 10.4. The Labute approximate surface area is 219 Å². The van der Waals surface area contributed by atoms with Crippen LogP contribution in [0, 0.1) is 13.8 Å². The molecule has 1 atom stereocenters. The lowest BCUT2D eigenvalue weighted by Crippen LogP contribution is -2.45. The minimum Gasteiger partial charge on any atom is -0.324 e. The van der Waals surface area contributed by atoms with E-state index in [1.165, 1.54) is 49.4 Å². The van der Waals surface area contributed by atoms with Crippen molar-refractivity contribution in [2.75, 3.05) is 20.6 Å². The van der Waals surface area contributed by atoms with E-state index in [2.05, 4.69) is 20.0 Å². The third kappa shape index (κ3) is 6.64. The molecule has 0 aliphatic rings. The second-order valence-electron chi connectivity index (χ2n) is 7.92. The van der Waals surface area contributed by atoms with Crippen LogP contribution in [0.25, 0.3) is 0 Å². The van der Waals surface area contributed by atoms with Gasteiger partial charge < -0.3 is 5.32 Å². The van der Waals surface area contributed by atoms with Crippen LogP contribution in [-0.2, 0) is 24.8 Å². The summed E-state index contributed by atoms with van der Waals surface area (Å²) in [4.78, 5) is 21.0. The summed E-state index contributed by atoms with van der Waals surface area (Å²) in [6, 6.07) is 10.1. The largest absolute Gasteiger partial charge is 0.324 e. The van der Waals surface area contributed by atoms with Crippen molar-refractivity contribution >= 4 is 66.5 Å². The van der Waals surface area contributed by atoms with Gasteiger partial charge >= 0.3 is 0 Å². The molecule has 192 valence electrons. The highest BCUT2D eigenvalue weighted by molar-refractivity contribution is 7.92. The lowest BCUT2D eigenvalue weighted by Gasteiger charge is -2.29. The number of nitrogens with zero attached hydrogens (tertiary/aromatic N) is 3. The number of nitrogens with one attached hydrogen (secondary N) is 2. The number of hydrogen-bond donors (Lipinski definition) is 2. The summed E-state index contributed by atoms with van der Waals surface area (Å²) in [7, 11) is -7.91. The molecule has 3 aromatic rings. The molecule has 0 saturated carbocycles. The van der Waals surface area contributed by atoms with Crippen LogP contribution < -0.4 is 14.3 Å². The van der Waals surface area contributed by atoms with E-state index in [4.69, 9.17) is 23.2 Å². The Morgan fingerprint density at radius 3 is 2.08 bits per heavy atom. The Balaban J connectivity index is 1.80. The molecule has 0 bridgehead atoms. The summed E-state index contributed by atoms with van der Waals surface area (Å²) >= 11 is 12.2. The van der Waals surface area contributed by atoms with Crippen LogP contribution in [0.15, 0.2) is 53.4 Å². The van der Waals surface area contributed by atoms with Crippen LogP contribution in [-0.4, -0.2) is 45.0 Å². The average Bonchev–Trinajstić information content (AvgIpc) is 2.74. The van der Waals surface area contributed by atoms with E-state index in [0.29, 0.717) is 11.4 Å². The Hall–Kier alpha value is -2.93. The Kier molecular flexibility index (Phi) is 8.13. The first-order chi connectivity index (χ1) is 16.7. The predicted octanol–water partition coefficient (Wildman–Crippen LogP) is 3.99. The number of benzene rings is 2. The quantitative estimate of drug-likeness (QED) is 0.416. The summed E-state index contributed by atoms with van der Waals surface area (Å²) in [6.07, 6.45) is 0.945. The van der Waals surface area contributed by atoms with Crippen molar-refractivity contribution in [2.45, 2.75) is 31.7 Å². The lowest BCUT2D eigenvalue weighted by atomic mass is 10.2. The number of carbonyl (C=O) groups is 1. The molecular weight excluding hydrogens is 549 g/mol. The van der Waals surface area contributed by atoms with Crippen LogP contribution in [0.2, 0.25) is 10.0 Å². The number of carbonyl (C=O) groups excluding carboxylic acids is 1. The van der Waals surface area contributed by atoms with Gasteiger partial charge in [0.2, 0.25) is 21.9 Å². The van der Waals surface area contributed by atoms with Crippen molar-refractivity contribution in [1.29, 1.82) is 0 Å². The number of aryl methyl sites for hydroxylation is 2. The SMILES string of the molecule is Cc1cc(C)nc(NS(=O)(=O)c2ccc(NC(=O)C(C)N(c3cc(Cl)ccc3Cl)S(C)(=O)=O)cc2)n1. The van der Waals surface area contributed by atoms with Crippen LogP contribution in [0.4, 0.5) is 17.3 Å². The molecule has 2 aromatic carbocycles. The van der Waals surface area contributed by atoms with E-state index in [9.17, 15) is 21.6 Å². The van der Waals surface area contributed by atoms with Gasteiger partial charge in [-0.3, -0.25) is 9.10 Å². The van der Waals surface area contributed by atoms with E-state index >= 15 is 0 Å². The molecule has 0 saturated heterocycles. The highest BCUT2D eigenvalue weighted by atomic mass is 35.5. The molecule has 0 radical (unpaired) electrons. The molecule has 14 heteroatoms. The Morgan fingerprint density at radius 2 is 1.53 bits per heavy atom. The highest BCUT2D eigenvalue weighted by Gasteiger charge is 2.31. The molecule has 1 aromatic heterocycles. The van der Waals surface area contributed by atoms with E-state index in [1.54, 1.807) is 19.9 Å². The summed E-state index contributed by atoms with van der Waals surface area (Å²) in [6.45, 7) is 4.83.